The number of nitrogens with one attached hydrogen (secondary N) is 1. The molecule has 0 aromatic carbocycles. The van der Waals surface area contributed by atoms with Crippen molar-refractivity contribution in [3.63, 3.8) is 0 Å². The smallest absolute Gasteiger partial charge is 0.220 e. The molecule has 14 heteroatoms. The largest absolute Gasteiger partial charge is 0.394 e. The Bertz CT molecular complexity index is 1690. The Kier molecular flexibility index (Phi) is 53.5. The highest BCUT2D eigenvalue weighted by Crippen LogP contribution is 2.30. The van der Waals surface area contributed by atoms with Gasteiger partial charge in [-0.05, 0) is 70.6 Å². The maximum atomic E-state index is 13.3. The van der Waals surface area contributed by atoms with E-state index in [2.05, 4.69) is 67.8 Å². The molecule has 0 aliphatic carbocycles. The monoisotopic (exact) mass is 1230 g/mol. The fraction of sp³-hybridized carbons (Fsp3) is 0.849. The second-order valence-electron chi connectivity index (χ2n) is 25.4. The summed E-state index contributed by atoms with van der Waals surface area (Å²) in [5.74, 6) is -0.246. The van der Waals surface area contributed by atoms with E-state index in [0.717, 1.165) is 44.9 Å². The number of hydrogen-bond acceptors (Lipinski definition) is 13. The van der Waals surface area contributed by atoms with E-state index < -0.39 is 86.8 Å². The van der Waals surface area contributed by atoms with Gasteiger partial charge in [-0.3, -0.25) is 4.79 Å². The average Bonchev–Trinajstić information content (AvgIpc) is 2.05. The van der Waals surface area contributed by atoms with E-state index >= 15 is 0 Å². The van der Waals surface area contributed by atoms with Crippen LogP contribution in [0.4, 0.5) is 0 Å². The first kappa shape index (κ1) is 80.8. The van der Waals surface area contributed by atoms with Crippen LogP contribution in [0, 0.1) is 0 Å². The molecule has 9 N–H and O–H groups in total. The predicted octanol–water partition coefficient (Wildman–Crippen LogP) is 14.8. The third-order valence-electron chi connectivity index (χ3n) is 17.4. The molecule has 0 saturated carbocycles. The molecule has 2 fully saturated rings. The molecule has 0 bridgehead atoms. The summed E-state index contributed by atoms with van der Waals surface area (Å²) >= 11 is 0. The lowest BCUT2D eigenvalue weighted by Crippen LogP contribution is -2.65. The molecule has 2 aliphatic rings. The number of rotatable bonds is 59. The third-order valence-corrected chi connectivity index (χ3v) is 17.4. The average molecular weight is 1230 g/mol. The topological polar surface area (TPSA) is 228 Å². The summed E-state index contributed by atoms with van der Waals surface area (Å²) in [6.07, 6.45) is 60.3. The van der Waals surface area contributed by atoms with Crippen molar-refractivity contribution in [2.45, 2.75) is 376 Å². The zero-order chi connectivity index (χ0) is 63.1. The lowest BCUT2D eigenvalue weighted by Gasteiger charge is -2.46. The lowest BCUT2D eigenvalue weighted by atomic mass is 9.97. The molecule has 2 heterocycles. The molecule has 0 aromatic rings. The van der Waals surface area contributed by atoms with Crippen LogP contribution >= 0.6 is 0 Å². The van der Waals surface area contributed by atoms with Crippen LogP contribution in [0.15, 0.2) is 60.8 Å². The van der Waals surface area contributed by atoms with Crippen LogP contribution in [-0.4, -0.2) is 140 Å². The Morgan fingerprint density at radius 1 is 0.414 bits per heavy atom. The van der Waals surface area contributed by atoms with Crippen molar-refractivity contribution < 1.29 is 64.6 Å². The number of aliphatic hydroxyl groups is 8. The van der Waals surface area contributed by atoms with Crippen molar-refractivity contribution in [3.05, 3.63) is 60.8 Å². The first-order valence-corrected chi connectivity index (χ1v) is 36.0. The molecule has 2 aliphatic heterocycles. The van der Waals surface area contributed by atoms with Crippen LogP contribution in [0.25, 0.3) is 0 Å². The minimum atomic E-state index is -1.79. The minimum Gasteiger partial charge on any atom is -0.394 e. The van der Waals surface area contributed by atoms with Gasteiger partial charge in [-0.2, -0.15) is 0 Å². The number of carbonyl (C=O) groups excluding carboxylic acids is 1. The zero-order valence-electron chi connectivity index (χ0n) is 55.3. The molecule has 12 atom stereocenters. The standard InChI is InChI=1S/C73H133NO13/c1-3-5-7-9-11-13-15-17-19-20-21-22-23-24-25-26-27-28-29-30-31-32-33-34-35-36-37-38-39-40-41-42-43-45-47-49-51-53-55-57-65(78)74-61(62(77)56-54-52-50-48-46-44-18-16-14-12-10-8-6-4-2)60-84-72-70(83)68(81)71(64(59-76)86-72)87-73-69(82)67(80)66(79)63(58-75)85-73/h15,17,20-21,23-24,46,48,54,56,61-64,66-73,75-77,79-83H,3-14,16,18-19,22,25-45,47,49-53,55,57-60H2,1-2H3,(H,74,78)/b17-15-,21-20-,24-23-,48-46+,56-54+. The predicted molar refractivity (Wildman–Crippen MR) is 355 cm³/mol. The first-order chi connectivity index (χ1) is 42.6. The van der Waals surface area contributed by atoms with Gasteiger partial charge in [-0.25, -0.2) is 0 Å². The highest BCUT2D eigenvalue weighted by Gasteiger charge is 2.51. The Morgan fingerprint density at radius 3 is 1.21 bits per heavy atom. The summed E-state index contributed by atoms with van der Waals surface area (Å²) in [6, 6.07) is -0.931. The molecule has 14 nitrogen and oxygen atoms in total. The van der Waals surface area contributed by atoms with Gasteiger partial charge < -0.3 is 65.1 Å². The maximum Gasteiger partial charge on any atom is 0.220 e. The molecule has 0 spiro atoms. The van der Waals surface area contributed by atoms with Crippen LogP contribution in [0.1, 0.15) is 303 Å². The Hall–Kier alpha value is -2.31. The van der Waals surface area contributed by atoms with Gasteiger partial charge in [-0.1, -0.05) is 286 Å². The Balaban J connectivity index is 1.56. The number of ether oxygens (including phenoxy) is 4. The van der Waals surface area contributed by atoms with Gasteiger partial charge >= 0.3 is 0 Å². The molecule has 0 radical (unpaired) electrons. The molecule has 0 aromatic heterocycles. The highest BCUT2D eigenvalue weighted by molar-refractivity contribution is 5.76. The second-order valence-corrected chi connectivity index (χ2v) is 25.4. The Morgan fingerprint density at radius 2 is 0.770 bits per heavy atom. The number of allylic oxidation sites excluding steroid dienone is 9. The number of amides is 1. The van der Waals surface area contributed by atoms with E-state index in [9.17, 15) is 45.6 Å². The van der Waals surface area contributed by atoms with Gasteiger partial charge in [-0.15, -0.1) is 0 Å². The van der Waals surface area contributed by atoms with Crippen molar-refractivity contribution in [1.82, 2.24) is 5.32 Å². The van der Waals surface area contributed by atoms with Gasteiger partial charge in [0.25, 0.3) is 0 Å². The third kappa shape index (κ3) is 41.7. The van der Waals surface area contributed by atoms with Crippen LogP contribution in [0.3, 0.4) is 0 Å². The zero-order valence-corrected chi connectivity index (χ0v) is 55.3. The van der Waals surface area contributed by atoms with Crippen molar-refractivity contribution in [2.24, 2.45) is 0 Å². The molecule has 1 amide bonds. The van der Waals surface area contributed by atoms with Crippen LogP contribution in [0.2, 0.25) is 0 Å². The van der Waals surface area contributed by atoms with E-state index in [4.69, 9.17) is 18.9 Å². The molecule has 2 saturated heterocycles. The van der Waals surface area contributed by atoms with E-state index in [1.807, 2.05) is 6.08 Å². The van der Waals surface area contributed by atoms with Crippen molar-refractivity contribution in [3.8, 4) is 0 Å². The van der Waals surface area contributed by atoms with Gasteiger partial charge in [0.1, 0.15) is 48.8 Å². The van der Waals surface area contributed by atoms with Crippen LogP contribution < -0.4 is 5.32 Å². The van der Waals surface area contributed by atoms with Crippen LogP contribution in [-0.2, 0) is 23.7 Å². The van der Waals surface area contributed by atoms with Gasteiger partial charge in [0.15, 0.2) is 12.6 Å². The normalized spacial score (nSPS) is 23.6. The summed E-state index contributed by atoms with van der Waals surface area (Å²) in [6.45, 7) is 2.78. The summed E-state index contributed by atoms with van der Waals surface area (Å²) in [7, 11) is 0. The summed E-state index contributed by atoms with van der Waals surface area (Å²) in [4.78, 5) is 13.3. The molecular weight excluding hydrogens is 1100 g/mol. The first-order valence-electron chi connectivity index (χ1n) is 36.0. The molecular formula is C73H133NO13. The number of carbonyl (C=O) groups is 1. The lowest BCUT2D eigenvalue weighted by molar-refractivity contribution is -0.359. The quantitative estimate of drug-likeness (QED) is 0.0204. The molecule has 508 valence electrons. The van der Waals surface area contributed by atoms with Gasteiger partial charge in [0, 0.05) is 6.42 Å². The maximum absolute atomic E-state index is 13.3. The van der Waals surface area contributed by atoms with E-state index in [1.165, 1.54) is 225 Å². The van der Waals surface area contributed by atoms with Crippen molar-refractivity contribution in [1.29, 1.82) is 0 Å². The molecule has 12 unspecified atom stereocenters. The summed E-state index contributed by atoms with van der Waals surface area (Å²) < 4.78 is 22.8. The van der Waals surface area contributed by atoms with E-state index in [1.54, 1.807) is 6.08 Å². The Labute approximate surface area is 530 Å². The minimum absolute atomic E-state index is 0.246. The summed E-state index contributed by atoms with van der Waals surface area (Å²) in [5, 5.41) is 87.2. The SMILES string of the molecule is CCCCCCC/C=C\C/C=C\C/C=C\CCCCCCCCCCCCCCCCCCCCCCCCCCC(=O)NC(COC1OC(CO)C(OC2OC(CO)C(O)C(O)C2O)C(O)C1O)C(O)/C=C/CC/C=C/CCCCCCCCCC. The van der Waals surface area contributed by atoms with E-state index in [0.29, 0.717) is 12.8 Å². The van der Waals surface area contributed by atoms with Gasteiger partial charge in [0.2, 0.25) is 5.91 Å². The second kappa shape index (κ2) is 57.6. The van der Waals surface area contributed by atoms with Crippen LogP contribution in [0.5, 0.6) is 0 Å². The van der Waals surface area contributed by atoms with Gasteiger partial charge in [0.05, 0.1) is 32.0 Å². The number of hydrogen-bond donors (Lipinski definition) is 9. The fourth-order valence-corrected chi connectivity index (χ4v) is 11.7. The molecule has 87 heavy (non-hydrogen) atoms. The molecule has 2 rings (SSSR count). The summed E-state index contributed by atoms with van der Waals surface area (Å²) in [5.41, 5.74) is 0. The number of aliphatic hydroxyl groups excluding tert-OH is 8. The van der Waals surface area contributed by atoms with Crippen molar-refractivity contribution in [2.75, 3.05) is 19.8 Å². The highest BCUT2D eigenvalue weighted by atomic mass is 16.7. The van der Waals surface area contributed by atoms with E-state index in [-0.39, 0.29) is 18.9 Å². The fourth-order valence-electron chi connectivity index (χ4n) is 11.7. The van der Waals surface area contributed by atoms with Crippen molar-refractivity contribution >= 4 is 5.91 Å². The number of unbranched alkanes of at least 4 members (excludes halogenated alkanes) is 38.